The molecule has 1 heterocycles. The van der Waals surface area contributed by atoms with Crippen molar-refractivity contribution in [3.63, 3.8) is 0 Å². The summed E-state index contributed by atoms with van der Waals surface area (Å²) in [6.45, 7) is 7.42. The SMILES string of the molecule is Cc1ccccc1C(=O)NC(CC(C)C)C(=O)N1CCOC(c2ccc(Cl)cc2)C1. The molecule has 5 nitrogen and oxygen atoms in total. The van der Waals surface area contributed by atoms with E-state index < -0.39 is 6.04 Å². The second kappa shape index (κ2) is 10.1. The van der Waals surface area contributed by atoms with Gasteiger partial charge < -0.3 is 15.0 Å². The highest BCUT2D eigenvalue weighted by Gasteiger charge is 2.31. The molecule has 1 saturated heterocycles. The maximum Gasteiger partial charge on any atom is 0.252 e. The summed E-state index contributed by atoms with van der Waals surface area (Å²) in [7, 11) is 0. The first-order chi connectivity index (χ1) is 14.3. The first-order valence-electron chi connectivity index (χ1n) is 10.4. The van der Waals surface area contributed by atoms with Gasteiger partial charge in [0, 0.05) is 17.1 Å². The van der Waals surface area contributed by atoms with E-state index >= 15 is 0 Å². The molecule has 1 fully saturated rings. The Labute approximate surface area is 183 Å². The van der Waals surface area contributed by atoms with Crippen LogP contribution in [-0.4, -0.2) is 42.5 Å². The van der Waals surface area contributed by atoms with E-state index in [4.69, 9.17) is 16.3 Å². The number of rotatable bonds is 6. The van der Waals surface area contributed by atoms with Crippen LogP contribution in [0.2, 0.25) is 5.02 Å². The molecule has 2 atom stereocenters. The Hall–Kier alpha value is -2.37. The quantitative estimate of drug-likeness (QED) is 0.742. The highest BCUT2D eigenvalue weighted by molar-refractivity contribution is 6.30. The summed E-state index contributed by atoms with van der Waals surface area (Å²) >= 11 is 5.98. The number of halogens is 1. The average Bonchev–Trinajstić information content (AvgIpc) is 2.73. The lowest BCUT2D eigenvalue weighted by Crippen LogP contribution is -2.52. The Bertz CT molecular complexity index is 882. The van der Waals surface area contributed by atoms with Gasteiger partial charge in [-0.2, -0.15) is 0 Å². The van der Waals surface area contributed by atoms with Gasteiger partial charge in [-0.15, -0.1) is 0 Å². The molecule has 0 saturated carbocycles. The molecular formula is C24H29ClN2O3. The molecule has 2 unspecified atom stereocenters. The highest BCUT2D eigenvalue weighted by atomic mass is 35.5. The van der Waals surface area contributed by atoms with Crippen LogP contribution in [0, 0.1) is 12.8 Å². The number of nitrogens with zero attached hydrogens (tertiary/aromatic N) is 1. The maximum atomic E-state index is 13.4. The predicted molar refractivity (Wildman–Crippen MR) is 119 cm³/mol. The second-order valence-corrected chi connectivity index (χ2v) is 8.60. The van der Waals surface area contributed by atoms with E-state index in [1.807, 2.05) is 49.4 Å². The topological polar surface area (TPSA) is 58.6 Å². The average molecular weight is 429 g/mol. The van der Waals surface area contributed by atoms with Gasteiger partial charge in [0.25, 0.3) is 5.91 Å². The number of carbonyl (C=O) groups excluding carboxylic acids is 2. The fourth-order valence-electron chi connectivity index (χ4n) is 3.71. The number of nitrogens with one attached hydrogen (secondary N) is 1. The third kappa shape index (κ3) is 5.61. The van der Waals surface area contributed by atoms with Gasteiger partial charge in [-0.05, 0) is 48.6 Å². The molecule has 0 aromatic heterocycles. The van der Waals surface area contributed by atoms with Crippen molar-refractivity contribution >= 4 is 23.4 Å². The molecule has 2 aromatic carbocycles. The molecule has 3 rings (SSSR count). The van der Waals surface area contributed by atoms with Crippen molar-refractivity contribution in [3.8, 4) is 0 Å². The summed E-state index contributed by atoms with van der Waals surface area (Å²) in [5, 5.41) is 3.64. The maximum absolute atomic E-state index is 13.4. The van der Waals surface area contributed by atoms with Gasteiger partial charge >= 0.3 is 0 Å². The lowest BCUT2D eigenvalue weighted by atomic mass is 10.0. The number of amides is 2. The Morgan fingerprint density at radius 2 is 1.87 bits per heavy atom. The summed E-state index contributed by atoms with van der Waals surface area (Å²) in [6, 6.07) is 14.3. The smallest absolute Gasteiger partial charge is 0.252 e. The van der Waals surface area contributed by atoms with Crippen LogP contribution in [0.4, 0.5) is 0 Å². The number of carbonyl (C=O) groups is 2. The van der Waals surface area contributed by atoms with Crippen LogP contribution >= 0.6 is 11.6 Å². The predicted octanol–water partition coefficient (Wildman–Crippen LogP) is 4.39. The van der Waals surface area contributed by atoms with E-state index in [9.17, 15) is 9.59 Å². The number of morpholine rings is 1. The molecule has 0 aliphatic carbocycles. The van der Waals surface area contributed by atoms with Gasteiger partial charge in [-0.1, -0.05) is 55.8 Å². The Kier molecular flexibility index (Phi) is 7.51. The molecule has 0 radical (unpaired) electrons. The summed E-state index contributed by atoms with van der Waals surface area (Å²) in [6.07, 6.45) is 0.381. The number of aryl methyl sites for hydroxylation is 1. The molecule has 6 heteroatoms. The third-order valence-electron chi connectivity index (χ3n) is 5.32. The minimum atomic E-state index is -0.568. The second-order valence-electron chi connectivity index (χ2n) is 8.17. The van der Waals surface area contributed by atoms with E-state index in [0.29, 0.717) is 36.7 Å². The molecule has 0 bridgehead atoms. The van der Waals surface area contributed by atoms with Crippen molar-refractivity contribution in [2.45, 2.75) is 39.3 Å². The fourth-order valence-corrected chi connectivity index (χ4v) is 3.83. The number of hydrogen-bond donors (Lipinski definition) is 1. The molecular weight excluding hydrogens is 400 g/mol. The molecule has 1 aliphatic rings. The van der Waals surface area contributed by atoms with E-state index in [2.05, 4.69) is 19.2 Å². The van der Waals surface area contributed by atoms with Gasteiger partial charge in [0.1, 0.15) is 12.1 Å². The third-order valence-corrected chi connectivity index (χ3v) is 5.57. The summed E-state index contributed by atoms with van der Waals surface area (Å²) in [4.78, 5) is 28.0. The number of benzene rings is 2. The van der Waals surface area contributed by atoms with Crippen molar-refractivity contribution in [2.75, 3.05) is 19.7 Å². The monoisotopic (exact) mass is 428 g/mol. The lowest BCUT2D eigenvalue weighted by Gasteiger charge is -2.35. The van der Waals surface area contributed by atoms with Crippen LogP contribution in [-0.2, 0) is 9.53 Å². The van der Waals surface area contributed by atoms with Crippen LogP contribution in [0.1, 0.15) is 47.9 Å². The van der Waals surface area contributed by atoms with E-state index in [-0.39, 0.29) is 23.8 Å². The Morgan fingerprint density at radius 3 is 2.53 bits per heavy atom. The van der Waals surface area contributed by atoms with Gasteiger partial charge in [0.15, 0.2) is 0 Å². The summed E-state index contributed by atoms with van der Waals surface area (Å²) in [5.41, 5.74) is 2.47. The van der Waals surface area contributed by atoms with Crippen LogP contribution in [0.25, 0.3) is 0 Å². The Morgan fingerprint density at radius 1 is 1.17 bits per heavy atom. The largest absolute Gasteiger partial charge is 0.370 e. The standard InChI is InChI=1S/C24H29ClN2O3/c1-16(2)14-21(26-23(28)20-7-5-4-6-17(20)3)24(29)27-12-13-30-22(15-27)18-8-10-19(25)11-9-18/h4-11,16,21-22H,12-15H2,1-3H3,(H,26,28). The molecule has 1 aliphatic heterocycles. The van der Waals surface area contributed by atoms with Gasteiger partial charge in [-0.3, -0.25) is 9.59 Å². The fraction of sp³-hybridized carbons (Fsp3) is 0.417. The first-order valence-corrected chi connectivity index (χ1v) is 10.7. The molecule has 2 aromatic rings. The van der Waals surface area contributed by atoms with Crippen LogP contribution in [0.15, 0.2) is 48.5 Å². The normalized spacial score (nSPS) is 17.6. The first kappa shape index (κ1) is 22.3. The zero-order valence-electron chi connectivity index (χ0n) is 17.7. The molecule has 2 amide bonds. The van der Waals surface area contributed by atoms with Crippen molar-refractivity contribution in [3.05, 3.63) is 70.2 Å². The highest BCUT2D eigenvalue weighted by Crippen LogP contribution is 2.24. The number of ether oxygens (including phenoxy) is 1. The van der Waals surface area contributed by atoms with Crippen molar-refractivity contribution < 1.29 is 14.3 Å². The van der Waals surface area contributed by atoms with E-state index in [1.54, 1.807) is 11.0 Å². The van der Waals surface area contributed by atoms with Crippen molar-refractivity contribution in [2.24, 2.45) is 5.92 Å². The minimum absolute atomic E-state index is 0.0621. The Balaban J connectivity index is 1.73. The van der Waals surface area contributed by atoms with E-state index in [0.717, 1.165) is 11.1 Å². The molecule has 30 heavy (non-hydrogen) atoms. The molecule has 1 N–H and O–H groups in total. The van der Waals surface area contributed by atoms with Crippen LogP contribution < -0.4 is 5.32 Å². The lowest BCUT2D eigenvalue weighted by molar-refractivity contribution is -0.141. The summed E-state index contributed by atoms with van der Waals surface area (Å²) < 4.78 is 5.89. The zero-order chi connectivity index (χ0) is 21.7. The van der Waals surface area contributed by atoms with Crippen LogP contribution in [0.5, 0.6) is 0 Å². The van der Waals surface area contributed by atoms with E-state index in [1.165, 1.54) is 0 Å². The van der Waals surface area contributed by atoms with Gasteiger partial charge in [0.05, 0.1) is 13.2 Å². The molecule has 0 spiro atoms. The van der Waals surface area contributed by atoms with Crippen molar-refractivity contribution in [1.29, 1.82) is 0 Å². The minimum Gasteiger partial charge on any atom is -0.370 e. The van der Waals surface area contributed by atoms with Crippen LogP contribution in [0.3, 0.4) is 0 Å². The van der Waals surface area contributed by atoms with Gasteiger partial charge in [0.2, 0.25) is 5.91 Å². The van der Waals surface area contributed by atoms with Gasteiger partial charge in [-0.25, -0.2) is 0 Å². The number of hydrogen-bond acceptors (Lipinski definition) is 3. The van der Waals surface area contributed by atoms with Crippen molar-refractivity contribution in [1.82, 2.24) is 10.2 Å². The zero-order valence-corrected chi connectivity index (χ0v) is 18.5. The molecule has 160 valence electrons. The summed E-state index contributed by atoms with van der Waals surface area (Å²) in [5.74, 6) is -0.00766.